The van der Waals surface area contributed by atoms with Gasteiger partial charge in [0.05, 0.1) is 39.3 Å². The molecule has 4 aromatic heterocycles. The third-order valence-corrected chi connectivity index (χ3v) is 27.1. The lowest BCUT2D eigenvalue weighted by Gasteiger charge is -2.17. The van der Waals surface area contributed by atoms with E-state index in [4.69, 9.17) is 15.0 Å². The lowest BCUT2D eigenvalue weighted by atomic mass is 9.88. The van der Waals surface area contributed by atoms with Crippen LogP contribution in [0.25, 0.3) is 273 Å². The first-order chi connectivity index (χ1) is 63.5. The van der Waals surface area contributed by atoms with E-state index >= 15 is 0 Å². The predicted molar refractivity (Wildman–Crippen MR) is 545 cm³/mol. The summed E-state index contributed by atoms with van der Waals surface area (Å²) >= 11 is 0. The fourth-order valence-electron chi connectivity index (χ4n) is 21.0. The summed E-state index contributed by atoms with van der Waals surface area (Å²) in [5.41, 5.74) is 20.5. The largest absolute Gasteiger partial charge is 0.256 e. The second-order valence-corrected chi connectivity index (χ2v) is 34.0. The van der Waals surface area contributed by atoms with Gasteiger partial charge in [0.2, 0.25) is 0 Å². The van der Waals surface area contributed by atoms with Gasteiger partial charge in [0.1, 0.15) is 0 Å². The van der Waals surface area contributed by atoms with Crippen LogP contribution in [0, 0.1) is 0 Å². The minimum absolute atomic E-state index is 0.949. The second kappa shape index (κ2) is 29.4. The molecule has 4 nitrogen and oxygen atoms in total. The highest BCUT2D eigenvalue weighted by atomic mass is 14.7. The zero-order valence-corrected chi connectivity index (χ0v) is 69.5. The molecular formula is C124H74N4. The molecule has 0 saturated heterocycles. The predicted octanol–water partition coefficient (Wildman–Crippen LogP) is 33.9. The second-order valence-electron chi connectivity index (χ2n) is 34.0. The van der Waals surface area contributed by atoms with E-state index in [0.717, 1.165) is 122 Å². The summed E-state index contributed by atoms with van der Waals surface area (Å²) in [6.07, 6.45) is 1.85. The standard InChI is InChI=1S/C64H38N2.C60H36N2/c1-12-24-61-40(13-1)31-34-62(65-61)41-27-25-39(26-28-41)56-37-60-57(42-29-32-53-48-18-4-2-14-44(48)46-16-6-8-20-50(46)58(53)35-42)38-63(66-64(60)55-23-11-10-22-52(55)56)43-30-33-54-49-19-5-3-15-45(49)47-17-7-9-21-51(47)59(54)36-43;1-3-17-45-41(13-1)43-15-5-7-19-47(43)55-33-39(28-30-50(45)55)54-36-59(40-29-31-51-46-18-4-2-14-42(46)44-16-6-8-20-48(44)56(51)34-40)62-60-52-22-10-9-21-49(52)53(35-57(54)60)37-24-26-38(27-25-37)58-23-11-12-32-61-58/h1-38H;1-36H. The molecule has 4 heteroatoms. The molecule has 0 aliphatic heterocycles. The lowest BCUT2D eigenvalue weighted by molar-refractivity contribution is 1.33. The molecule has 0 aliphatic carbocycles. The zero-order valence-electron chi connectivity index (χ0n) is 69.5. The van der Waals surface area contributed by atoms with E-state index in [1.165, 1.54) is 151 Å². The Kier molecular flexibility index (Phi) is 16.7. The Balaban J connectivity index is 0.000000136. The van der Waals surface area contributed by atoms with Gasteiger partial charge in [-0.15, -0.1) is 0 Å². The van der Waals surface area contributed by atoms with Crippen molar-refractivity contribution in [2.45, 2.75) is 0 Å². The van der Waals surface area contributed by atoms with Gasteiger partial charge in [-0.2, -0.15) is 0 Å². The van der Waals surface area contributed by atoms with Gasteiger partial charge >= 0.3 is 0 Å². The van der Waals surface area contributed by atoms with Crippen molar-refractivity contribution in [1.82, 2.24) is 19.9 Å². The molecule has 0 atom stereocenters. The Morgan fingerprint density at radius 1 is 0.125 bits per heavy atom. The van der Waals surface area contributed by atoms with Gasteiger partial charge in [-0.05, 0) is 257 Å². The Bertz CT molecular complexity index is 9240. The van der Waals surface area contributed by atoms with Crippen LogP contribution in [0.5, 0.6) is 0 Å². The Morgan fingerprint density at radius 3 is 0.727 bits per heavy atom. The summed E-state index contributed by atoms with van der Waals surface area (Å²) in [7, 11) is 0. The maximum absolute atomic E-state index is 5.67. The number of nitrogens with zero attached hydrogens (tertiary/aromatic N) is 4. The highest BCUT2D eigenvalue weighted by molar-refractivity contribution is 6.31. The average molecular weight is 1620 g/mol. The highest BCUT2D eigenvalue weighted by Gasteiger charge is 2.24. The number of aromatic nitrogens is 4. The molecule has 0 amide bonds. The van der Waals surface area contributed by atoms with Gasteiger partial charge in [-0.1, -0.05) is 370 Å². The number of para-hydroxylation sites is 1. The molecule has 0 saturated carbocycles. The molecule has 27 aromatic rings. The van der Waals surface area contributed by atoms with Gasteiger partial charge in [0.15, 0.2) is 0 Å². The van der Waals surface area contributed by atoms with Crippen molar-refractivity contribution in [1.29, 1.82) is 0 Å². The van der Waals surface area contributed by atoms with E-state index in [1.54, 1.807) is 0 Å². The number of benzene rings is 23. The number of hydrogen-bond acceptors (Lipinski definition) is 4. The van der Waals surface area contributed by atoms with Gasteiger partial charge in [0, 0.05) is 55.4 Å². The van der Waals surface area contributed by atoms with Crippen molar-refractivity contribution < 1.29 is 0 Å². The van der Waals surface area contributed by atoms with E-state index < -0.39 is 0 Å². The van der Waals surface area contributed by atoms with Crippen molar-refractivity contribution in [3.8, 4) is 89.5 Å². The summed E-state index contributed by atoms with van der Waals surface area (Å²) < 4.78 is 0. The molecular weight excluding hydrogens is 1550 g/mol. The van der Waals surface area contributed by atoms with Crippen LogP contribution >= 0.6 is 0 Å². The molecule has 590 valence electrons. The fraction of sp³-hybridized carbons (Fsp3) is 0. The topological polar surface area (TPSA) is 51.6 Å². The molecule has 0 spiro atoms. The Labute approximate surface area is 736 Å². The molecule has 0 radical (unpaired) electrons. The van der Waals surface area contributed by atoms with Crippen LogP contribution in [0.1, 0.15) is 0 Å². The smallest absolute Gasteiger partial charge is 0.0794 e. The number of hydrogen-bond donors (Lipinski definition) is 0. The zero-order chi connectivity index (χ0) is 84.0. The minimum atomic E-state index is 0.949. The monoisotopic (exact) mass is 1620 g/mol. The van der Waals surface area contributed by atoms with Gasteiger partial charge in [-0.3, -0.25) is 4.98 Å². The van der Waals surface area contributed by atoms with Gasteiger partial charge in [-0.25, -0.2) is 15.0 Å². The molecule has 0 fully saturated rings. The molecule has 128 heavy (non-hydrogen) atoms. The van der Waals surface area contributed by atoms with E-state index in [2.05, 4.69) is 430 Å². The summed E-state index contributed by atoms with van der Waals surface area (Å²) in [4.78, 5) is 20.9. The van der Waals surface area contributed by atoms with Crippen LogP contribution in [-0.4, -0.2) is 19.9 Å². The Hall–Kier alpha value is -16.9. The molecule has 0 unspecified atom stereocenters. The van der Waals surface area contributed by atoms with Gasteiger partial charge in [0.25, 0.3) is 0 Å². The van der Waals surface area contributed by atoms with E-state index in [9.17, 15) is 0 Å². The van der Waals surface area contributed by atoms with E-state index in [-0.39, 0.29) is 0 Å². The van der Waals surface area contributed by atoms with Crippen molar-refractivity contribution in [2.75, 3.05) is 0 Å². The van der Waals surface area contributed by atoms with Crippen LogP contribution in [0.3, 0.4) is 0 Å². The van der Waals surface area contributed by atoms with Crippen molar-refractivity contribution in [3.05, 3.63) is 449 Å². The molecule has 4 heterocycles. The number of fused-ring (bicyclic) bond motifs is 31. The third kappa shape index (κ3) is 11.8. The van der Waals surface area contributed by atoms with E-state index in [1.807, 2.05) is 24.4 Å². The SMILES string of the molecule is c1ccc(-c2ccc(-c3cc4c(-c5ccc6c7ccccc7c7ccccc7c6c5)cc(-c5ccc6c7ccccc7c7ccccc7c6c5)nc4c4ccccc34)cc2)nc1.c1ccc2nc(-c3ccc(-c4cc5c(-c6ccc7c8ccccc8c8ccccc8c7c6)cc(-c6ccc7c8ccccc8c8ccccc8c7c6)nc5c5ccccc45)cc3)ccc2c1. The van der Waals surface area contributed by atoms with Crippen LogP contribution in [0.15, 0.2) is 449 Å². The Morgan fingerprint density at radius 2 is 0.383 bits per heavy atom. The molecule has 0 bridgehead atoms. The molecule has 0 aliphatic rings. The number of rotatable bonds is 8. The maximum Gasteiger partial charge on any atom is 0.0794 e. The first-order valence-corrected chi connectivity index (χ1v) is 44.0. The maximum atomic E-state index is 5.67. The highest BCUT2D eigenvalue weighted by Crippen LogP contribution is 2.49. The fourth-order valence-corrected chi connectivity index (χ4v) is 21.0. The summed E-state index contributed by atoms with van der Waals surface area (Å²) in [5, 5.41) is 38.2. The molecule has 0 N–H and O–H groups in total. The van der Waals surface area contributed by atoms with E-state index in [0.29, 0.717) is 0 Å². The normalized spacial score (nSPS) is 11.9. The average Bonchev–Trinajstić information content (AvgIpc) is 0.755. The first kappa shape index (κ1) is 72.7. The third-order valence-electron chi connectivity index (χ3n) is 27.1. The molecule has 27 rings (SSSR count). The first-order valence-electron chi connectivity index (χ1n) is 44.0. The van der Waals surface area contributed by atoms with Crippen molar-refractivity contribution >= 4 is 184 Å². The van der Waals surface area contributed by atoms with Crippen molar-refractivity contribution in [2.24, 2.45) is 0 Å². The van der Waals surface area contributed by atoms with Crippen LogP contribution in [-0.2, 0) is 0 Å². The quantitative estimate of drug-likeness (QED) is 0.142. The van der Waals surface area contributed by atoms with Crippen LogP contribution in [0.2, 0.25) is 0 Å². The summed E-state index contributed by atoms with van der Waals surface area (Å²) in [6.45, 7) is 0. The molecule has 23 aromatic carbocycles. The lowest BCUT2D eigenvalue weighted by Crippen LogP contribution is -1.94. The summed E-state index contributed by atoms with van der Waals surface area (Å²) in [5.74, 6) is 0. The van der Waals surface area contributed by atoms with Gasteiger partial charge < -0.3 is 0 Å². The van der Waals surface area contributed by atoms with Crippen molar-refractivity contribution in [3.63, 3.8) is 0 Å². The number of pyridine rings is 4. The van der Waals surface area contributed by atoms with Crippen LogP contribution in [0.4, 0.5) is 0 Å². The van der Waals surface area contributed by atoms with Crippen LogP contribution < -0.4 is 0 Å². The minimum Gasteiger partial charge on any atom is -0.256 e. The summed E-state index contributed by atoms with van der Waals surface area (Å²) in [6, 6.07) is 162.